The summed E-state index contributed by atoms with van der Waals surface area (Å²) >= 11 is 0. The number of amides is 3. The van der Waals surface area contributed by atoms with Gasteiger partial charge < -0.3 is 20.4 Å². The molecule has 2 fully saturated rings. The molecule has 0 aromatic rings. The highest BCUT2D eigenvalue weighted by Crippen LogP contribution is 2.30. The van der Waals surface area contributed by atoms with E-state index in [-0.39, 0.29) is 25.5 Å². The molecule has 8 heteroatoms. The Balaban J connectivity index is 2.05. The van der Waals surface area contributed by atoms with Gasteiger partial charge in [0.25, 0.3) is 0 Å². The van der Waals surface area contributed by atoms with E-state index in [1.807, 2.05) is 0 Å². The van der Waals surface area contributed by atoms with Crippen LogP contribution >= 0.6 is 0 Å². The van der Waals surface area contributed by atoms with Crippen molar-refractivity contribution in [2.45, 2.75) is 37.3 Å². The molecule has 3 amide bonds. The van der Waals surface area contributed by atoms with Gasteiger partial charge in [0, 0.05) is 13.6 Å². The smallest absolute Gasteiger partial charge is 0.328 e. The van der Waals surface area contributed by atoms with Crippen molar-refractivity contribution in [3.8, 4) is 0 Å². The molecule has 2 aliphatic rings. The van der Waals surface area contributed by atoms with Crippen molar-refractivity contribution in [1.82, 2.24) is 15.1 Å². The summed E-state index contributed by atoms with van der Waals surface area (Å²) in [4.78, 5) is 37.3. The molecule has 8 nitrogen and oxygen atoms in total. The molecule has 0 radical (unpaired) electrons. The summed E-state index contributed by atoms with van der Waals surface area (Å²) in [7, 11) is 1.52. The Morgan fingerprint density at radius 3 is 2.62 bits per heavy atom. The van der Waals surface area contributed by atoms with Crippen LogP contribution in [0.3, 0.4) is 0 Å². The Bertz CT molecular complexity index is 447. The maximum absolute atomic E-state index is 12.4. The second kappa shape index (κ2) is 5.88. The molecule has 0 spiro atoms. The Hall–Kier alpha value is -1.83. The molecule has 118 valence electrons. The van der Waals surface area contributed by atoms with E-state index in [1.54, 1.807) is 0 Å². The molecule has 1 aliphatic carbocycles. The first-order valence-corrected chi connectivity index (χ1v) is 7.06. The number of nitrogens with one attached hydrogen (secondary N) is 1. The zero-order valence-electron chi connectivity index (χ0n) is 12.0. The summed E-state index contributed by atoms with van der Waals surface area (Å²) in [6, 6.07) is -1.62. The highest BCUT2D eigenvalue weighted by molar-refractivity contribution is 5.90. The average molecular weight is 299 g/mol. The summed E-state index contributed by atoms with van der Waals surface area (Å²) in [5, 5.41) is 21.9. The second-order valence-electron chi connectivity index (χ2n) is 5.86. The number of hydrogen-bond acceptors (Lipinski definition) is 4. The monoisotopic (exact) mass is 299 g/mol. The van der Waals surface area contributed by atoms with E-state index in [4.69, 9.17) is 5.11 Å². The van der Waals surface area contributed by atoms with Gasteiger partial charge in [0.2, 0.25) is 5.91 Å². The molecule has 2 rings (SSSR count). The molecular weight excluding hydrogens is 278 g/mol. The van der Waals surface area contributed by atoms with E-state index < -0.39 is 23.6 Å². The van der Waals surface area contributed by atoms with E-state index in [0.29, 0.717) is 12.8 Å². The van der Waals surface area contributed by atoms with E-state index in [2.05, 4.69) is 5.32 Å². The molecule has 1 unspecified atom stereocenters. The van der Waals surface area contributed by atoms with E-state index in [0.717, 1.165) is 17.7 Å². The third-order valence-corrected chi connectivity index (χ3v) is 4.11. The van der Waals surface area contributed by atoms with Crippen molar-refractivity contribution in [3.63, 3.8) is 0 Å². The number of carboxylic acids is 1. The van der Waals surface area contributed by atoms with Crippen LogP contribution in [0, 0.1) is 0 Å². The lowest BCUT2D eigenvalue weighted by atomic mass is 10.0. The van der Waals surface area contributed by atoms with Gasteiger partial charge in [-0.2, -0.15) is 0 Å². The predicted octanol–water partition coefficient (Wildman–Crippen LogP) is -0.772. The number of rotatable bonds is 3. The van der Waals surface area contributed by atoms with Gasteiger partial charge in [-0.15, -0.1) is 0 Å². The predicted molar refractivity (Wildman–Crippen MR) is 72.6 cm³/mol. The Labute approximate surface area is 122 Å². The maximum atomic E-state index is 12.4. The van der Waals surface area contributed by atoms with Crippen molar-refractivity contribution >= 4 is 17.9 Å². The van der Waals surface area contributed by atoms with Crippen molar-refractivity contribution in [3.05, 3.63) is 0 Å². The SMILES string of the molecule is CN(CC1(O)CCCC1)C(=O)N1CC(=O)NCC1C(=O)O. The zero-order chi connectivity index (χ0) is 15.6. The number of nitrogens with zero attached hydrogens (tertiary/aromatic N) is 2. The molecule has 0 aromatic carbocycles. The number of carboxylic acid groups (broad SMARTS) is 1. The number of piperazine rings is 1. The topological polar surface area (TPSA) is 110 Å². The van der Waals surface area contributed by atoms with Crippen molar-refractivity contribution in [2.24, 2.45) is 0 Å². The van der Waals surface area contributed by atoms with Gasteiger partial charge in [0.15, 0.2) is 0 Å². The first-order valence-electron chi connectivity index (χ1n) is 7.06. The number of carbonyl (C=O) groups excluding carboxylic acids is 2. The molecule has 1 atom stereocenters. The summed E-state index contributed by atoms with van der Waals surface area (Å²) in [5.41, 5.74) is -0.902. The van der Waals surface area contributed by atoms with E-state index >= 15 is 0 Å². The number of urea groups is 1. The molecule has 21 heavy (non-hydrogen) atoms. The molecule has 1 aliphatic heterocycles. The number of likely N-dealkylation sites (N-methyl/N-ethyl adjacent to an activating group) is 1. The molecule has 1 saturated carbocycles. The lowest BCUT2D eigenvalue weighted by Gasteiger charge is -2.37. The minimum atomic E-state index is -1.16. The highest BCUT2D eigenvalue weighted by atomic mass is 16.4. The van der Waals surface area contributed by atoms with Crippen LogP contribution in [0.2, 0.25) is 0 Å². The van der Waals surface area contributed by atoms with Crippen molar-refractivity contribution in [2.75, 3.05) is 26.7 Å². The minimum Gasteiger partial charge on any atom is -0.480 e. The fourth-order valence-corrected chi connectivity index (χ4v) is 2.98. The quantitative estimate of drug-likeness (QED) is 0.634. The summed E-state index contributed by atoms with van der Waals surface area (Å²) in [5.74, 6) is -1.54. The molecule has 0 aromatic heterocycles. The summed E-state index contributed by atoms with van der Waals surface area (Å²) < 4.78 is 0. The van der Waals surface area contributed by atoms with Crippen LogP contribution < -0.4 is 5.32 Å². The largest absolute Gasteiger partial charge is 0.480 e. The second-order valence-corrected chi connectivity index (χ2v) is 5.86. The van der Waals surface area contributed by atoms with Crippen LogP contribution in [-0.4, -0.2) is 76.2 Å². The fourth-order valence-electron chi connectivity index (χ4n) is 2.98. The third kappa shape index (κ3) is 3.44. The molecular formula is C13H21N3O5. The third-order valence-electron chi connectivity index (χ3n) is 4.11. The number of aliphatic hydroxyl groups is 1. The average Bonchev–Trinajstić information content (AvgIpc) is 2.83. The van der Waals surface area contributed by atoms with Crippen LogP contribution in [0.15, 0.2) is 0 Å². The van der Waals surface area contributed by atoms with E-state index in [9.17, 15) is 19.5 Å². The van der Waals surface area contributed by atoms with Gasteiger partial charge in [-0.05, 0) is 12.8 Å². The normalized spacial score (nSPS) is 24.6. The van der Waals surface area contributed by atoms with Crippen LogP contribution in [0.5, 0.6) is 0 Å². The van der Waals surface area contributed by atoms with Crippen LogP contribution in [0.25, 0.3) is 0 Å². The Morgan fingerprint density at radius 1 is 1.43 bits per heavy atom. The highest BCUT2D eigenvalue weighted by Gasteiger charge is 2.39. The zero-order valence-corrected chi connectivity index (χ0v) is 12.0. The first-order chi connectivity index (χ1) is 9.82. The van der Waals surface area contributed by atoms with Gasteiger partial charge in [0.05, 0.1) is 12.1 Å². The number of hydrogen-bond donors (Lipinski definition) is 3. The summed E-state index contributed by atoms with van der Waals surface area (Å²) in [6.07, 6.45) is 3.10. The Kier molecular flexibility index (Phi) is 4.36. The lowest BCUT2D eigenvalue weighted by molar-refractivity contribution is -0.144. The van der Waals surface area contributed by atoms with E-state index in [1.165, 1.54) is 11.9 Å². The minimum absolute atomic E-state index is 0.0992. The number of carbonyl (C=O) groups is 3. The first kappa shape index (κ1) is 15.6. The number of aliphatic carboxylic acids is 1. The van der Waals surface area contributed by atoms with Crippen LogP contribution in [-0.2, 0) is 9.59 Å². The molecule has 0 bridgehead atoms. The maximum Gasteiger partial charge on any atom is 0.328 e. The van der Waals surface area contributed by atoms with Crippen molar-refractivity contribution < 1.29 is 24.6 Å². The fraction of sp³-hybridized carbons (Fsp3) is 0.769. The van der Waals surface area contributed by atoms with Crippen molar-refractivity contribution in [1.29, 1.82) is 0 Å². The molecule has 1 saturated heterocycles. The Morgan fingerprint density at radius 2 is 2.05 bits per heavy atom. The standard InChI is InChI=1S/C13H21N3O5/c1-15(8-13(21)4-2-3-5-13)12(20)16-7-10(17)14-6-9(16)11(18)19/h9,21H,2-8H2,1H3,(H,14,17)(H,18,19). The van der Waals surface area contributed by atoms with Gasteiger partial charge in [-0.3, -0.25) is 9.69 Å². The van der Waals surface area contributed by atoms with Gasteiger partial charge in [0.1, 0.15) is 12.6 Å². The molecule has 3 N–H and O–H groups in total. The van der Waals surface area contributed by atoms with Gasteiger partial charge in [-0.1, -0.05) is 12.8 Å². The van der Waals surface area contributed by atoms with Crippen LogP contribution in [0.1, 0.15) is 25.7 Å². The lowest BCUT2D eigenvalue weighted by Crippen LogP contribution is -2.62. The molecule has 1 heterocycles. The van der Waals surface area contributed by atoms with Gasteiger partial charge >= 0.3 is 12.0 Å². The van der Waals surface area contributed by atoms with Crippen LogP contribution in [0.4, 0.5) is 4.79 Å². The summed E-state index contributed by atoms with van der Waals surface area (Å²) in [6.45, 7) is -0.229. The van der Waals surface area contributed by atoms with Gasteiger partial charge in [-0.25, -0.2) is 9.59 Å².